The monoisotopic (exact) mass is 463 g/mol. The zero-order chi connectivity index (χ0) is 23.7. The summed E-state index contributed by atoms with van der Waals surface area (Å²) in [6, 6.07) is 11.7. The Balaban J connectivity index is 1.86. The number of nitrogens with one attached hydrogen (secondary N) is 2. The number of aromatic carboxylic acids is 1. The molecule has 0 bridgehead atoms. The van der Waals surface area contributed by atoms with Gasteiger partial charge in [0.05, 0.1) is 11.1 Å². The van der Waals surface area contributed by atoms with E-state index in [0.717, 1.165) is 16.9 Å². The number of carboxylic acids is 1. The second-order valence-corrected chi connectivity index (χ2v) is 8.99. The van der Waals surface area contributed by atoms with E-state index < -0.39 is 12.0 Å². The summed E-state index contributed by atoms with van der Waals surface area (Å²) in [5.74, 6) is -0.144. The largest absolute Gasteiger partial charge is 0.478 e. The second kappa shape index (κ2) is 9.11. The third-order valence-corrected chi connectivity index (χ3v) is 6.41. The lowest BCUT2D eigenvalue weighted by molar-refractivity contribution is -0.113. The predicted molar refractivity (Wildman–Crippen MR) is 129 cm³/mol. The van der Waals surface area contributed by atoms with Crippen molar-refractivity contribution in [1.82, 2.24) is 14.8 Å². The summed E-state index contributed by atoms with van der Waals surface area (Å²) in [7, 11) is 0. The molecule has 1 aromatic heterocycles. The number of aromatic nitrogens is 3. The molecule has 0 spiro atoms. The van der Waals surface area contributed by atoms with E-state index in [-0.39, 0.29) is 11.5 Å². The van der Waals surface area contributed by atoms with Crippen molar-refractivity contribution >= 4 is 35.3 Å². The molecule has 8 nitrogen and oxygen atoms in total. The van der Waals surface area contributed by atoms with E-state index in [1.54, 1.807) is 29.8 Å². The topological polar surface area (TPSA) is 109 Å². The Morgan fingerprint density at radius 1 is 1.15 bits per heavy atom. The molecule has 1 atom stereocenters. The Labute approximate surface area is 196 Å². The molecule has 3 aromatic rings. The van der Waals surface area contributed by atoms with Gasteiger partial charge >= 0.3 is 5.97 Å². The molecular formula is C24H25N5O3S. The molecular weight excluding hydrogens is 438 g/mol. The van der Waals surface area contributed by atoms with Crippen LogP contribution in [0, 0.1) is 13.8 Å². The lowest BCUT2D eigenvalue weighted by Gasteiger charge is -2.29. The van der Waals surface area contributed by atoms with Crippen molar-refractivity contribution in [3.63, 3.8) is 0 Å². The van der Waals surface area contributed by atoms with E-state index in [1.165, 1.54) is 17.8 Å². The normalized spacial score (nSPS) is 15.1. The van der Waals surface area contributed by atoms with Crippen LogP contribution in [0.5, 0.6) is 0 Å². The van der Waals surface area contributed by atoms with Gasteiger partial charge in [0.2, 0.25) is 11.1 Å². The molecule has 2 aromatic carbocycles. The van der Waals surface area contributed by atoms with Crippen LogP contribution in [0.15, 0.2) is 58.9 Å². The number of rotatable bonds is 6. The summed E-state index contributed by atoms with van der Waals surface area (Å²) in [6.45, 7) is 7.73. The van der Waals surface area contributed by atoms with E-state index in [9.17, 15) is 14.7 Å². The SMILES string of the molecule is CCSc1nc2n(n1)C(c1ccccc1C(=O)O)C(C(=O)Nc1cccc(C)c1C)=C(C)N2. The summed E-state index contributed by atoms with van der Waals surface area (Å²) in [5, 5.41) is 21.2. The number of benzene rings is 2. The smallest absolute Gasteiger partial charge is 0.336 e. The molecule has 3 N–H and O–H groups in total. The fourth-order valence-electron chi connectivity index (χ4n) is 3.91. The molecule has 0 radical (unpaired) electrons. The maximum absolute atomic E-state index is 13.6. The highest BCUT2D eigenvalue weighted by atomic mass is 32.2. The van der Waals surface area contributed by atoms with E-state index in [1.807, 2.05) is 39.0 Å². The first-order valence-corrected chi connectivity index (χ1v) is 11.6. The van der Waals surface area contributed by atoms with Crippen LogP contribution in [-0.2, 0) is 4.79 Å². The molecule has 0 saturated carbocycles. The van der Waals surface area contributed by atoms with Crippen LogP contribution in [-0.4, -0.2) is 37.5 Å². The Morgan fingerprint density at radius 2 is 1.91 bits per heavy atom. The zero-order valence-electron chi connectivity index (χ0n) is 18.8. The van der Waals surface area contributed by atoms with Crippen LogP contribution in [0.4, 0.5) is 11.6 Å². The number of allylic oxidation sites excluding steroid dienone is 1. The number of anilines is 2. The van der Waals surface area contributed by atoms with Gasteiger partial charge < -0.3 is 15.7 Å². The van der Waals surface area contributed by atoms with E-state index >= 15 is 0 Å². The van der Waals surface area contributed by atoms with Gasteiger partial charge in [-0.25, -0.2) is 9.48 Å². The highest BCUT2D eigenvalue weighted by molar-refractivity contribution is 7.99. The first-order valence-electron chi connectivity index (χ1n) is 10.6. The highest BCUT2D eigenvalue weighted by Gasteiger charge is 2.36. The zero-order valence-corrected chi connectivity index (χ0v) is 19.7. The Kier molecular flexibility index (Phi) is 6.24. The molecule has 1 unspecified atom stereocenters. The number of thioether (sulfide) groups is 1. The summed E-state index contributed by atoms with van der Waals surface area (Å²) in [4.78, 5) is 30.2. The van der Waals surface area contributed by atoms with Crippen LogP contribution >= 0.6 is 11.8 Å². The molecule has 33 heavy (non-hydrogen) atoms. The summed E-state index contributed by atoms with van der Waals surface area (Å²) >= 11 is 1.48. The third kappa shape index (κ3) is 4.23. The number of carbonyl (C=O) groups is 2. The maximum atomic E-state index is 13.6. The van der Waals surface area contributed by atoms with Crippen molar-refractivity contribution < 1.29 is 14.7 Å². The van der Waals surface area contributed by atoms with Crippen LogP contribution < -0.4 is 10.6 Å². The quantitative estimate of drug-likeness (QED) is 0.457. The lowest BCUT2D eigenvalue weighted by atomic mass is 9.91. The minimum Gasteiger partial charge on any atom is -0.478 e. The predicted octanol–water partition coefficient (Wildman–Crippen LogP) is 4.63. The van der Waals surface area contributed by atoms with Gasteiger partial charge in [-0.15, -0.1) is 5.10 Å². The fourth-order valence-corrected chi connectivity index (χ4v) is 4.46. The molecule has 9 heteroatoms. The molecule has 0 aliphatic carbocycles. The molecule has 1 amide bonds. The van der Waals surface area contributed by atoms with Crippen molar-refractivity contribution in [3.05, 3.63) is 76.0 Å². The number of amides is 1. The van der Waals surface area contributed by atoms with Gasteiger partial charge in [-0.05, 0) is 55.3 Å². The number of hydrogen-bond acceptors (Lipinski definition) is 6. The van der Waals surface area contributed by atoms with Gasteiger partial charge in [0.25, 0.3) is 5.91 Å². The van der Waals surface area contributed by atoms with Gasteiger partial charge in [0, 0.05) is 11.4 Å². The van der Waals surface area contributed by atoms with Crippen molar-refractivity contribution in [2.45, 2.75) is 38.9 Å². The third-order valence-electron chi connectivity index (χ3n) is 5.69. The van der Waals surface area contributed by atoms with Crippen LogP contribution in [0.25, 0.3) is 0 Å². The van der Waals surface area contributed by atoms with E-state index in [4.69, 9.17) is 0 Å². The van der Waals surface area contributed by atoms with E-state index in [0.29, 0.717) is 33.6 Å². The van der Waals surface area contributed by atoms with Crippen molar-refractivity contribution in [2.24, 2.45) is 0 Å². The Hall–Kier alpha value is -3.59. The maximum Gasteiger partial charge on any atom is 0.336 e. The average molecular weight is 464 g/mol. The number of fused-ring (bicyclic) bond motifs is 1. The molecule has 0 saturated heterocycles. The number of hydrogen-bond donors (Lipinski definition) is 3. The summed E-state index contributed by atoms with van der Waals surface area (Å²) in [6.07, 6.45) is 0. The minimum atomic E-state index is -1.07. The summed E-state index contributed by atoms with van der Waals surface area (Å²) < 4.78 is 1.60. The Bertz CT molecular complexity index is 1280. The lowest BCUT2D eigenvalue weighted by Crippen LogP contribution is -2.32. The number of carboxylic acid groups (broad SMARTS) is 1. The standard InChI is InChI=1S/C24H25N5O3S/c1-5-33-24-27-23-25-15(4)19(21(30)26-18-12-8-9-13(2)14(18)3)20(29(23)28-24)16-10-6-7-11-17(16)22(31)32/h6-12,20H,5H2,1-4H3,(H,26,30)(H,31,32)(H,25,27,28). The van der Waals surface area contributed by atoms with Crippen molar-refractivity contribution in [2.75, 3.05) is 16.4 Å². The first kappa shape index (κ1) is 22.6. The number of carbonyl (C=O) groups excluding carboxylic acids is 1. The average Bonchev–Trinajstić information content (AvgIpc) is 3.18. The van der Waals surface area contributed by atoms with Crippen LogP contribution in [0.3, 0.4) is 0 Å². The molecule has 0 fully saturated rings. The molecule has 2 heterocycles. The molecule has 1 aliphatic rings. The Morgan fingerprint density at radius 3 is 2.64 bits per heavy atom. The first-order chi connectivity index (χ1) is 15.8. The minimum absolute atomic E-state index is 0.111. The summed E-state index contributed by atoms with van der Waals surface area (Å²) in [5.41, 5.74) is 4.30. The molecule has 1 aliphatic heterocycles. The molecule has 4 rings (SSSR count). The molecule has 170 valence electrons. The van der Waals surface area contributed by atoms with Crippen molar-refractivity contribution in [1.29, 1.82) is 0 Å². The van der Waals surface area contributed by atoms with Gasteiger partial charge in [0.1, 0.15) is 6.04 Å². The van der Waals surface area contributed by atoms with Crippen LogP contribution in [0.2, 0.25) is 0 Å². The van der Waals surface area contributed by atoms with Gasteiger partial charge in [-0.3, -0.25) is 4.79 Å². The fraction of sp³-hybridized carbons (Fsp3) is 0.250. The number of aryl methyl sites for hydroxylation is 1. The van der Waals surface area contributed by atoms with Crippen molar-refractivity contribution in [3.8, 4) is 0 Å². The van der Waals surface area contributed by atoms with Gasteiger partial charge in [0.15, 0.2) is 0 Å². The number of nitrogens with zero attached hydrogens (tertiary/aromatic N) is 3. The van der Waals surface area contributed by atoms with Crippen LogP contribution in [0.1, 0.15) is 46.9 Å². The van der Waals surface area contributed by atoms with E-state index in [2.05, 4.69) is 20.7 Å². The van der Waals surface area contributed by atoms with Gasteiger partial charge in [-0.1, -0.05) is 49.0 Å². The second-order valence-electron chi connectivity index (χ2n) is 7.76. The highest BCUT2D eigenvalue weighted by Crippen LogP contribution is 2.38. The van der Waals surface area contributed by atoms with Gasteiger partial charge in [-0.2, -0.15) is 4.98 Å².